The third kappa shape index (κ3) is 4.19. The van der Waals surface area contributed by atoms with Crippen LogP contribution in [0.2, 0.25) is 5.02 Å². The lowest BCUT2D eigenvalue weighted by Gasteiger charge is -2.02. The highest BCUT2D eigenvalue weighted by Crippen LogP contribution is 2.22. The predicted molar refractivity (Wildman–Crippen MR) is 78.2 cm³/mol. The van der Waals surface area contributed by atoms with Crippen LogP contribution in [0, 0.1) is 0 Å². The number of esters is 1. The van der Waals surface area contributed by atoms with Gasteiger partial charge in [-0.05, 0) is 18.6 Å². The van der Waals surface area contributed by atoms with E-state index < -0.39 is 5.97 Å². The first-order valence-electron chi connectivity index (χ1n) is 6.54. The quantitative estimate of drug-likeness (QED) is 0.767. The zero-order valence-corrected chi connectivity index (χ0v) is 12.6. The van der Waals surface area contributed by atoms with E-state index in [1.807, 2.05) is 6.92 Å². The van der Waals surface area contributed by atoms with Gasteiger partial charge in [-0.25, -0.2) is 4.79 Å². The molecular formula is C14H16ClN3O3. The van der Waals surface area contributed by atoms with Gasteiger partial charge in [0, 0.05) is 19.3 Å². The van der Waals surface area contributed by atoms with E-state index in [2.05, 4.69) is 10.1 Å². The molecule has 0 aromatic carbocycles. The summed E-state index contributed by atoms with van der Waals surface area (Å²) in [5.41, 5.74) is 1.49. The maximum Gasteiger partial charge on any atom is 0.344 e. The molecule has 21 heavy (non-hydrogen) atoms. The standard InChI is InChI=1S/C14H16ClN3O3/c1-3-6-20-14(19)9-21-13-7-12(18(2)17-13)11-5-4-10(15)8-16-11/h4-5,7-8H,3,6,9H2,1-2H3. The van der Waals surface area contributed by atoms with Crippen LogP contribution in [0.4, 0.5) is 0 Å². The van der Waals surface area contributed by atoms with Crippen molar-refractivity contribution in [1.29, 1.82) is 0 Å². The number of nitrogens with zero attached hydrogens (tertiary/aromatic N) is 3. The minimum Gasteiger partial charge on any atom is -0.465 e. The van der Waals surface area contributed by atoms with Crippen LogP contribution in [-0.2, 0) is 16.6 Å². The van der Waals surface area contributed by atoms with Crippen molar-refractivity contribution in [3.05, 3.63) is 29.4 Å². The number of hydrogen-bond donors (Lipinski definition) is 0. The van der Waals surface area contributed by atoms with E-state index in [9.17, 15) is 4.79 Å². The number of aromatic nitrogens is 3. The second-order valence-corrected chi connectivity index (χ2v) is 4.80. The van der Waals surface area contributed by atoms with E-state index in [4.69, 9.17) is 21.1 Å². The Kier molecular flexibility index (Phi) is 5.16. The largest absolute Gasteiger partial charge is 0.465 e. The summed E-state index contributed by atoms with van der Waals surface area (Å²) >= 11 is 5.81. The van der Waals surface area contributed by atoms with Gasteiger partial charge in [-0.2, -0.15) is 0 Å². The van der Waals surface area contributed by atoms with Gasteiger partial charge in [0.1, 0.15) is 0 Å². The number of ether oxygens (including phenoxy) is 2. The van der Waals surface area contributed by atoms with Crippen molar-refractivity contribution in [2.45, 2.75) is 13.3 Å². The molecule has 2 rings (SSSR count). The molecule has 112 valence electrons. The van der Waals surface area contributed by atoms with E-state index in [0.717, 1.165) is 17.8 Å². The minimum absolute atomic E-state index is 0.162. The van der Waals surface area contributed by atoms with Gasteiger partial charge in [0.2, 0.25) is 5.88 Å². The molecule has 0 N–H and O–H groups in total. The van der Waals surface area contributed by atoms with Crippen LogP contribution in [0.5, 0.6) is 5.88 Å². The molecule has 0 aliphatic heterocycles. The zero-order chi connectivity index (χ0) is 15.2. The van der Waals surface area contributed by atoms with E-state index in [-0.39, 0.29) is 6.61 Å². The first-order chi connectivity index (χ1) is 10.1. The highest BCUT2D eigenvalue weighted by Gasteiger charge is 2.11. The van der Waals surface area contributed by atoms with Gasteiger partial charge in [0.25, 0.3) is 0 Å². The summed E-state index contributed by atoms with van der Waals surface area (Å²) < 4.78 is 11.9. The Bertz CT molecular complexity index is 610. The van der Waals surface area contributed by atoms with Crippen LogP contribution >= 0.6 is 11.6 Å². The Morgan fingerprint density at radius 3 is 2.90 bits per heavy atom. The summed E-state index contributed by atoms with van der Waals surface area (Å²) in [4.78, 5) is 15.6. The molecule has 0 unspecified atom stereocenters. The lowest BCUT2D eigenvalue weighted by atomic mass is 10.3. The number of halogens is 1. The van der Waals surface area contributed by atoms with Gasteiger partial charge < -0.3 is 9.47 Å². The van der Waals surface area contributed by atoms with Gasteiger partial charge in [-0.15, -0.1) is 5.10 Å². The summed E-state index contributed by atoms with van der Waals surface area (Å²) in [5.74, 6) is -0.0635. The monoisotopic (exact) mass is 309 g/mol. The zero-order valence-electron chi connectivity index (χ0n) is 11.9. The van der Waals surface area contributed by atoms with Crippen LogP contribution in [0.25, 0.3) is 11.4 Å². The highest BCUT2D eigenvalue weighted by molar-refractivity contribution is 6.30. The van der Waals surface area contributed by atoms with E-state index in [1.54, 1.807) is 36.1 Å². The molecule has 0 saturated carbocycles. The Morgan fingerprint density at radius 2 is 2.24 bits per heavy atom. The van der Waals surface area contributed by atoms with Crippen LogP contribution < -0.4 is 4.74 Å². The summed E-state index contributed by atoms with van der Waals surface area (Å²) in [5, 5.41) is 4.74. The number of carbonyl (C=O) groups excluding carboxylic acids is 1. The maximum atomic E-state index is 11.4. The van der Waals surface area contributed by atoms with Gasteiger partial charge >= 0.3 is 5.97 Å². The topological polar surface area (TPSA) is 66.2 Å². The normalized spacial score (nSPS) is 10.4. The molecule has 7 heteroatoms. The average Bonchev–Trinajstić information content (AvgIpc) is 2.85. The fraction of sp³-hybridized carbons (Fsp3) is 0.357. The van der Waals surface area contributed by atoms with E-state index in [1.165, 1.54) is 0 Å². The maximum absolute atomic E-state index is 11.4. The van der Waals surface area contributed by atoms with Gasteiger partial charge in [0.15, 0.2) is 6.61 Å². The molecule has 0 fully saturated rings. The van der Waals surface area contributed by atoms with E-state index in [0.29, 0.717) is 17.5 Å². The molecular weight excluding hydrogens is 294 g/mol. The molecule has 2 aromatic heterocycles. The van der Waals surface area contributed by atoms with Crippen LogP contribution in [-0.4, -0.2) is 33.9 Å². The Hall–Kier alpha value is -2.08. The Morgan fingerprint density at radius 1 is 1.43 bits per heavy atom. The van der Waals surface area contributed by atoms with Gasteiger partial charge in [-0.1, -0.05) is 18.5 Å². The Balaban J connectivity index is 2.02. The summed E-state index contributed by atoms with van der Waals surface area (Å²) in [6.07, 6.45) is 2.34. The molecule has 2 heterocycles. The minimum atomic E-state index is -0.409. The first-order valence-corrected chi connectivity index (χ1v) is 6.92. The summed E-state index contributed by atoms with van der Waals surface area (Å²) in [7, 11) is 1.77. The second-order valence-electron chi connectivity index (χ2n) is 4.36. The van der Waals surface area contributed by atoms with Crippen molar-refractivity contribution >= 4 is 17.6 Å². The van der Waals surface area contributed by atoms with Crippen LogP contribution in [0.15, 0.2) is 24.4 Å². The average molecular weight is 310 g/mol. The number of aryl methyl sites for hydroxylation is 1. The predicted octanol–water partition coefficient (Wildman–Crippen LogP) is 2.47. The lowest BCUT2D eigenvalue weighted by Crippen LogP contribution is -2.15. The van der Waals surface area contributed by atoms with Gasteiger partial charge in [0.05, 0.1) is 23.0 Å². The molecule has 2 aromatic rings. The fourth-order valence-corrected chi connectivity index (χ4v) is 1.78. The summed E-state index contributed by atoms with van der Waals surface area (Å²) in [6.45, 7) is 2.16. The number of pyridine rings is 1. The van der Waals surface area contributed by atoms with Gasteiger partial charge in [-0.3, -0.25) is 9.67 Å². The van der Waals surface area contributed by atoms with Crippen molar-refractivity contribution in [3.8, 4) is 17.3 Å². The van der Waals surface area contributed by atoms with Crippen molar-refractivity contribution in [2.75, 3.05) is 13.2 Å². The molecule has 0 radical (unpaired) electrons. The van der Waals surface area contributed by atoms with Crippen LogP contribution in [0.3, 0.4) is 0 Å². The fourth-order valence-electron chi connectivity index (χ4n) is 1.67. The molecule has 6 nitrogen and oxygen atoms in total. The van der Waals surface area contributed by atoms with Crippen molar-refractivity contribution in [2.24, 2.45) is 7.05 Å². The molecule has 0 bridgehead atoms. The third-order valence-corrected chi connectivity index (χ3v) is 2.88. The second kappa shape index (κ2) is 7.08. The SMILES string of the molecule is CCCOC(=O)COc1cc(-c2ccc(Cl)cn2)n(C)n1. The van der Waals surface area contributed by atoms with Crippen molar-refractivity contribution < 1.29 is 14.3 Å². The molecule has 0 aliphatic rings. The number of rotatable bonds is 6. The molecule has 0 saturated heterocycles. The molecule has 0 spiro atoms. The number of carbonyl (C=O) groups is 1. The molecule has 0 atom stereocenters. The molecule has 0 amide bonds. The first kappa shape index (κ1) is 15.3. The van der Waals surface area contributed by atoms with Crippen LogP contribution in [0.1, 0.15) is 13.3 Å². The lowest BCUT2D eigenvalue weighted by molar-refractivity contribution is -0.146. The van der Waals surface area contributed by atoms with Crippen molar-refractivity contribution in [3.63, 3.8) is 0 Å². The third-order valence-electron chi connectivity index (χ3n) is 2.65. The van der Waals surface area contributed by atoms with E-state index >= 15 is 0 Å². The number of hydrogen-bond acceptors (Lipinski definition) is 5. The Labute approximate surface area is 127 Å². The van der Waals surface area contributed by atoms with Crippen molar-refractivity contribution in [1.82, 2.24) is 14.8 Å². The molecule has 0 aliphatic carbocycles. The smallest absolute Gasteiger partial charge is 0.344 e. The summed E-state index contributed by atoms with van der Waals surface area (Å²) in [6, 6.07) is 5.25. The highest BCUT2D eigenvalue weighted by atomic mass is 35.5.